The molecule has 0 aromatic carbocycles. The number of rotatable bonds is 0. The van der Waals surface area contributed by atoms with Gasteiger partial charge in [-0.15, -0.1) is 0 Å². The van der Waals surface area contributed by atoms with Crippen LogP contribution in [0.1, 0.15) is 12.8 Å². The maximum Gasteiger partial charge on any atom is 0.305 e. The van der Waals surface area contributed by atoms with Crippen molar-refractivity contribution >= 4 is 5.97 Å². The Labute approximate surface area is 47.3 Å². The lowest BCUT2D eigenvalue weighted by Gasteiger charge is -2.15. The van der Waals surface area contributed by atoms with E-state index in [1.54, 1.807) is 0 Å². The number of cyclic esters (lactones) is 1. The van der Waals surface area contributed by atoms with Gasteiger partial charge in [-0.25, -0.2) is 0 Å². The third kappa shape index (κ3) is 1.20. The van der Waals surface area contributed by atoms with E-state index in [0.29, 0.717) is 12.8 Å². The fourth-order valence-corrected chi connectivity index (χ4v) is 0.629. The predicted molar refractivity (Wildman–Crippen MR) is 26.2 cm³/mol. The van der Waals surface area contributed by atoms with Gasteiger partial charge in [0.25, 0.3) is 0 Å². The van der Waals surface area contributed by atoms with E-state index < -0.39 is 6.10 Å². The highest BCUT2D eigenvalue weighted by Gasteiger charge is 2.16. The van der Waals surface area contributed by atoms with Crippen molar-refractivity contribution in [3.63, 3.8) is 0 Å². The Hall–Kier alpha value is -0.570. The maximum atomic E-state index is 10.3. The molecule has 1 aliphatic rings. The van der Waals surface area contributed by atoms with Gasteiger partial charge in [0.05, 0.1) is 6.10 Å². The van der Waals surface area contributed by atoms with Crippen molar-refractivity contribution < 1.29 is 14.6 Å². The van der Waals surface area contributed by atoms with Crippen LogP contribution in [-0.2, 0) is 9.53 Å². The number of hydrogen-bond donors (Lipinski definition) is 1. The first-order chi connectivity index (χ1) is 3.79. The Kier molecular flexibility index (Phi) is 1.48. The topological polar surface area (TPSA) is 46.5 Å². The normalized spacial score (nSPS) is 29.6. The van der Waals surface area contributed by atoms with Gasteiger partial charge in [-0.2, -0.15) is 0 Å². The largest absolute Gasteiger partial charge is 0.463 e. The molecule has 0 radical (unpaired) electrons. The van der Waals surface area contributed by atoms with E-state index in [1.165, 1.54) is 0 Å². The zero-order chi connectivity index (χ0) is 5.98. The zero-order valence-corrected chi connectivity index (χ0v) is 4.46. The van der Waals surface area contributed by atoms with Crippen LogP contribution in [-0.4, -0.2) is 23.8 Å². The summed E-state index contributed by atoms with van der Waals surface area (Å²) >= 11 is 0. The minimum Gasteiger partial charge on any atom is -0.463 e. The van der Waals surface area contributed by atoms with Crippen LogP contribution in [0.2, 0.25) is 0 Å². The molecule has 0 aromatic rings. The van der Waals surface area contributed by atoms with E-state index in [9.17, 15) is 4.79 Å². The van der Waals surface area contributed by atoms with Crippen molar-refractivity contribution in [3.05, 3.63) is 0 Å². The predicted octanol–water partition coefficient (Wildman–Crippen LogP) is -0.316. The average molecular weight is 116 g/mol. The summed E-state index contributed by atoms with van der Waals surface area (Å²) in [6.45, 7) is 0.179. The Bertz CT molecular complexity index is 89.8. The number of ether oxygens (including phenoxy) is 1. The van der Waals surface area contributed by atoms with Crippen LogP contribution in [0.25, 0.3) is 0 Å². The Morgan fingerprint density at radius 2 is 2.50 bits per heavy atom. The quantitative estimate of drug-likeness (QED) is 0.441. The Morgan fingerprint density at radius 1 is 1.75 bits per heavy atom. The minimum absolute atomic E-state index is 0.179. The van der Waals surface area contributed by atoms with Gasteiger partial charge in [0.15, 0.2) is 0 Å². The van der Waals surface area contributed by atoms with Crippen LogP contribution >= 0.6 is 0 Å². The maximum absolute atomic E-state index is 10.3. The van der Waals surface area contributed by atoms with Crippen molar-refractivity contribution in [1.29, 1.82) is 0 Å². The van der Waals surface area contributed by atoms with Gasteiger partial charge in [0.2, 0.25) is 0 Å². The van der Waals surface area contributed by atoms with Gasteiger partial charge in [0.1, 0.15) is 6.61 Å². The molecule has 3 heteroatoms. The number of carbonyl (C=O) groups is 1. The minimum atomic E-state index is -0.423. The first-order valence-electron chi connectivity index (χ1n) is 2.63. The molecule has 0 bridgehead atoms. The molecule has 1 heterocycles. The molecule has 0 aromatic heterocycles. The summed E-state index contributed by atoms with van der Waals surface area (Å²) in [4.78, 5) is 10.3. The molecule has 1 rings (SSSR count). The summed E-state index contributed by atoms with van der Waals surface area (Å²) in [7, 11) is 0. The Morgan fingerprint density at radius 3 is 2.88 bits per heavy atom. The number of esters is 1. The second-order valence-electron chi connectivity index (χ2n) is 1.88. The summed E-state index contributed by atoms with van der Waals surface area (Å²) in [6.07, 6.45) is 0.493. The van der Waals surface area contributed by atoms with Crippen LogP contribution in [0.3, 0.4) is 0 Å². The van der Waals surface area contributed by atoms with Crippen molar-refractivity contribution in [2.75, 3.05) is 6.61 Å². The van der Waals surface area contributed by atoms with Crippen molar-refractivity contribution in [1.82, 2.24) is 0 Å². The van der Waals surface area contributed by atoms with Gasteiger partial charge in [-0.3, -0.25) is 4.79 Å². The molecule has 1 fully saturated rings. The molecular weight excluding hydrogens is 108 g/mol. The summed E-state index contributed by atoms with van der Waals surface area (Å²) < 4.78 is 4.50. The van der Waals surface area contributed by atoms with Crippen LogP contribution in [0.5, 0.6) is 0 Å². The highest BCUT2D eigenvalue weighted by Crippen LogP contribution is 2.05. The molecule has 0 aliphatic carbocycles. The zero-order valence-electron chi connectivity index (χ0n) is 4.46. The van der Waals surface area contributed by atoms with E-state index in [1.807, 2.05) is 0 Å². The molecule has 3 nitrogen and oxygen atoms in total. The van der Waals surface area contributed by atoms with Gasteiger partial charge < -0.3 is 9.84 Å². The van der Waals surface area contributed by atoms with Crippen LogP contribution in [0.4, 0.5) is 0 Å². The first kappa shape index (κ1) is 5.56. The molecule has 0 amide bonds. The first-order valence-corrected chi connectivity index (χ1v) is 2.63. The summed E-state index contributed by atoms with van der Waals surface area (Å²) in [5, 5.41) is 8.75. The molecular formula is C5H8O3. The summed E-state index contributed by atoms with van der Waals surface area (Å²) in [6, 6.07) is 0. The molecule has 8 heavy (non-hydrogen) atoms. The third-order valence-corrected chi connectivity index (χ3v) is 1.12. The van der Waals surface area contributed by atoms with Crippen LogP contribution < -0.4 is 0 Å². The second-order valence-corrected chi connectivity index (χ2v) is 1.88. The molecule has 0 saturated carbocycles. The smallest absolute Gasteiger partial charge is 0.305 e. The second kappa shape index (κ2) is 2.13. The Balaban J connectivity index is 2.29. The fraction of sp³-hybridized carbons (Fsp3) is 0.800. The van der Waals surface area contributed by atoms with Crippen LogP contribution in [0, 0.1) is 0 Å². The standard InChI is InChI=1S/C5H8O3/c6-4-1-2-5(7)8-3-4/h4,6H,1-3H2. The molecule has 46 valence electrons. The number of carbonyl (C=O) groups excluding carboxylic acids is 1. The molecule has 1 unspecified atom stereocenters. The van der Waals surface area contributed by atoms with Crippen LogP contribution in [0.15, 0.2) is 0 Å². The third-order valence-electron chi connectivity index (χ3n) is 1.12. The lowest BCUT2D eigenvalue weighted by molar-refractivity contribution is -0.152. The number of aliphatic hydroxyl groups excluding tert-OH is 1. The van der Waals surface area contributed by atoms with Crippen molar-refractivity contribution in [3.8, 4) is 0 Å². The average Bonchev–Trinajstić information content (AvgIpc) is 1.77. The molecule has 0 spiro atoms. The molecule has 1 N–H and O–H groups in total. The van der Waals surface area contributed by atoms with Gasteiger partial charge >= 0.3 is 5.97 Å². The highest BCUT2D eigenvalue weighted by atomic mass is 16.5. The van der Waals surface area contributed by atoms with E-state index >= 15 is 0 Å². The van der Waals surface area contributed by atoms with E-state index in [4.69, 9.17) is 5.11 Å². The number of aliphatic hydroxyl groups is 1. The monoisotopic (exact) mass is 116 g/mol. The summed E-state index contributed by atoms with van der Waals surface area (Å²) in [5.41, 5.74) is 0. The van der Waals surface area contributed by atoms with E-state index in [2.05, 4.69) is 4.74 Å². The van der Waals surface area contributed by atoms with Crippen molar-refractivity contribution in [2.45, 2.75) is 18.9 Å². The lowest BCUT2D eigenvalue weighted by Crippen LogP contribution is -2.25. The number of hydrogen-bond acceptors (Lipinski definition) is 3. The SMILES string of the molecule is O=C1CCC(O)CO1. The lowest BCUT2D eigenvalue weighted by atomic mass is 10.2. The van der Waals surface area contributed by atoms with E-state index in [-0.39, 0.29) is 12.6 Å². The fourth-order valence-electron chi connectivity index (χ4n) is 0.629. The van der Waals surface area contributed by atoms with Gasteiger partial charge in [-0.1, -0.05) is 0 Å². The molecule has 1 atom stereocenters. The van der Waals surface area contributed by atoms with Gasteiger partial charge in [0, 0.05) is 6.42 Å². The molecule has 1 saturated heterocycles. The van der Waals surface area contributed by atoms with Crippen molar-refractivity contribution in [2.24, 2.45) is 0 Å². The molecule has 1 aliphatic heterocycles. The summed E-state index contributed by atoms with van der Waals surface area (Å²) in [5.74, 6) is -0.199. The van der Waals surface area contributed by atoms with E-state index in [0.717, 1.165) is 0 Å². The van der Waals surface area contributed by atoms with Gasteiger partial charge in [-0.05, 0) is 6.42 Å². The highest BCUT2D eigenvalue weighted by molar-refractivity contribution is 5.70.